The lowest BCUT2D eigenvalue weighted by Crippen LogP contribution is -2.46. The molecule has 3 heterocycles. The van der Waals surface area contributed by atoms with Crippen LogP contribution in [0.4, 0.5) is 22.0 Å². The van der Waals surface area contributed by atoms with Crippen LogP contribution in [0.1, 0.15) is 18.7 Å². The van der Waals surface area contributed by atoms with Crippen LogP contribution in [0.25, 0.3) is 0 Å². The molecule has 2 aliphatic heterocycles. The third kappa shape index (κ3) is 3.44. The number of benzene rings is 1. The van der Waals surface area contributed by atoms with Crippen LogP contribution >= 0.6 is 11.8 Å². The minimum atomic E-state index is -0.940. The fourth-order valence-electron chi connectivity index (χ4n) is 3.24. The molecule has 3 N–H and O–H groups in total. The van der Waals surface area contributed by atoms with Gasteiger partial charge in [-0.2, -0.15) is 15.0 Å². The summed E-state index contributed by atoms with van der Waals surface area (Å²) in [5.41, 5.74) is 6.27. The number of hydrogen-bond donors (Lipinski definition) is 2. The summed E-state index contributed by atoms with van der Waals surface area (Å²) in [5, 5.41) is 2.89. The quantitative estimate of drug-likeness (QED) is 0.713. The van der Waals surface area contributed by atoms with E-state index >= 15 is 0 Å². The fraction of sp³-hybridized carbons (Fsp3) is 0.353. The van der Waals surface area contributed by atoms with E-state index in [1.165, 1.54) is 36.0 Å². The highest BCUT2D eigenvalue weighted by atomic mass is 32.2. The van der Waals surface area contributed by atoms with E-state index in [-0.39, 0.29) is 36.1 Å². The molecule has 146 valence electrons. The number of halogens is 1. The second-order valence-corrected chi connectivity index (χ2v) is 7.69. The van der Waals surface area contributed by atoms with Gasteiger partial charge in [0.25, 0.3) is 0 Å². The molecule has 0 bridgehead atoms. The van der Waals surface area contributed by atoms with Gasteiger partial charge in [0.1, 0.15) is 5.82 Å². The van der Waals surface area contributed by atoms with E-state index in [9.17, 15) is 14.0 Å². The highest BCUT2D eigenvalue weighted by molar-refractivity contribution is 8.01. The second kappa shape index (κ2) is 7.23. The van der Waals surface area contributed by atoms with Crippen molar-refractivity contribution in [3.8, 4) is 0 Å². The van der Waals surface area contributed by atoms with Gasteiger partial charge in [-0.05, 0) is 30.7 Å². The topological polar surface area (TPSA) is 123 Å². The summed E-state index contributed by atoms with van der Waals surface area (Å²) < 4.78 is 18.4. The average Bonchev–Trinajstić information content (AvgIpc) is 3.23. The fourth-order valence-corrected chi connectivity index (χ4v) is 4.63. The van der Waals surface area contributed by atoms with Crippen LogP contribution in [0.15, 0.2) is 24.3 Å². The number of fused-ring (bicyclic) bond motifs is 1. The van der Waals surface area contributed by atoms with Crippen molar-refractivity contribution in [1.29, 1.82) is 0 Å². The van der Waals surface area contributed by atoms with Crippen LogP contribution in [-0.2, 0) is 20.9 Å². The van der Waals surface area contributed by atoms with Crippen molar-refractivity contribution in [3.05, 3.63) is 35.9 Å². The first-order valence-corrected chi connectivity index (χ1v) is 9.59. The summed E-state index contributed by atoms with van der Waals surface area (Å²) in [6.45, 7) is 0.344. The number of carbonyl (C=O) groups is 2. The van der Waals surface area contributed by atoms with E-state index in [4.69, 9.17) is 10.5 Å². The Morgan fingerprint density at radius 3 is 2.89 bits per heavy atom. The highest BCUT2D eigenvalue weighted by Crippen LogP contribution is 2.45. The summed E-state index contributed by atoms with van der Waals surface area (Å²) in [5.74, 6) is 0.0984. The van der Waals surface area contributed by atoms with Crippen LogP contribution in [0, 0.1) is 5.82 Å². The standard InChI is InChI=1S/C17H17FN6O3S/c18-10-1-3-11(4-2-10)20-16-22-12(21-15(19)23-16)9-27-14(26)17-6-5-13(25)24(17)7-8-28-17/h1-4H,5-9H2,(H3,19,20,21,22,23). The molecule has 0 saturated carbocycles. The summed E-state index contributed by atoms with van der Waals surface area (Å²) in [4.78, 5) is 37.4. The van der Waals surface area contributed by atoms with Crippen LogP contribution in [0.3, 0.4) is 0 Å². The van der Waals surface area contributed by atoms with Gasteiger partial charge in [-0.1, -0.05) is 0 Å². The molecule has 1 unspecified atom stereocenters. The first kappa shape index (κ1) is 18.4. The zero-order valence-electron chi connectivity index (χ0n) is 14.7. The molecule has 9 nitrogen and oxygen atoms in total. The Hall–Kier alpha value is -2.95. The molecular weight excluding hydrogens is 387 g/mol. The number of nitrogens with one attached hydrogen (secondary N) is 1. The molecule has 2 aromatic rings. The SMILES string of the molecule is Nc1nc(COC(=O)C23CCC(=O)N2CCS3)nc(Nc2ccc(F)cc2)n1. The number of aromatic nitrogens is 3. The molecule has 0 aliphatic carbocycles. The van der Waals surface area contributed by atoms with Crippen molar-refractivity contribution in [3.63, 3.8) is 0 Å². The predicted octanol–water partition coefficient (Wildman–Crippen LogP) is 1.45. The van der Waals surface area contributed by atoms with Gasteiger partial charge >= 0.3 is 5.97 Å². The van der Waals surface area contributed by atoms with Crippen molar-refractivity contribution in [2.75, 3.05) is 23.3 Å². The molecule has 1 aromatic heterocycles. The summed E-state index contributed by atoms with van der Waals surface area (Å²) >= 11 is 1.43. The van der Waals surface area contributed by atoms with Crippen molar-refractivity contribution in [2.24, 2.45) is 0 Å². The Morgan fingerprint density at radius 1 is 1.32 bits per heavy atom. The smallest absolute Gasteiger partial charge is 0.343 e. The average molecular weight is 404 g/mol. The molecule has 2 fully saturated rings. The Morgan fingerprint density at radius 2 is 2.11 bits per heavy atom. The van der Waals surface area contributed by atoms with E-state index in [0.717, 1.165) is 0 Å². The van der Waals surface area contributed by atoms with E-state index in [2.05, 4.69) is 20.3 Å². The first-order valence-electron chi connectivity index (χ1n) is 8.61. The van der Waals surface area contributed by atoms with Crippen molar-refractivity contribution in [1.82, 2.24) is 19.9 Å². The maximum absolute atomic E-state index is 13.0. The largest absolute Gasteiger partial charge is 0.455 e. The molecule has 2 aliphatic rings. The van der Waals surface area contributed by atoms with E-state index in [1.54, 1.807) is 4.90 Å². The molecule has 0 radical (unpaired) electrons. The summed E-state index contributed by atoms with van der Waals surface area (Å²) in [7, 11) is 0. The van der Waals surface area contributed by atoms with Crippen molar-refractivity contribution < 1.29 is 18.7 Å². The number of thioether (sulfide) groups is 1. The number of esters is 1. The van der Waals surface area contributed by atoms with Gasteiger partial charge in [-0.15, -0.1) is 11.8 Å². The number of nitrogens with two attached hydrogens (primary N) is 1. The maximum Gasteiger partial charge on any atom is 0.343 e. The Bertz CT molecular complexity index is 928. The molecule has 28 heavy (non-hydrogen) atoms. The van der Waals surface area contributed by atoms with Gasteiger partial charge in [0.15, 0.2) is 17.3 Å². The number of nitrogens with zero attached hydrogens (tertiary/aromatic N) is 4. The van der Waals surface area contributed by atoms with Crippen LogP contribution in [-0.4, -0.2) is 48.9 Å². The van der Waals surface area contributed by atoms with Crippen LogP contribution < -0.4 is 11.1 Å². The number of rotatable bonds is 5. The number of anilines is 3. The lowest BCUT2D eigenvalue weighted by molar-refractivity contribution is -0.154. The Kier molecular flexibility index (Phi) is 4.75. The van der Waals surface area contributed by atoms with Crippen LogP contribution in [0.2, 0.25) is 0 Å². The van der Waals surface area contributed by atoms with Gasteiger partial charge in [-0.25, -0.2) is 9.18 Å². The van der Waals surface area contributed by atoms with Gasteiger partial charge in [0.05, 0.1) is 0 Å². The monoisotopic (exact) mass is 404 g/mol. The number of carbonyl (C=O) groups excluding carboxylic acids is 2. The highest BCUT2D eigenvalue weighted by Gasteiger charge is 2.55. The van der Waals surface area contributed by atoms with Gasteiger partial charge in [-0.3, -0.25) is 4.79 Å². The minimum Gasteiger partial charge on any atom is -0.455 e. The van der Waals surface area contributed by atoms with Crippen LogP contribution in [0.5, 0.6) is 0 Å². The molecule has 0 spiro atoms. The third-order valence-corrected chi connectivity index (χ3v) is 5.98. The molecule has 2 saturated heterocycles. The molecule has 4 rings (SSSR count). The molecule has 11 heteroatoms. The van der Waals surface area contributed by atoms with Crippen molar-refractivity contribution in [2.45, 2.75) is 24.3 Å². The number of hydrogen-bond acceptors (Lipinski definition) is 9. The number of amides is 1. The van der Waals surface area contributed by atoms with E-state index < -0.39 is 10.8 Å². The maximum atomic E-state index is 13.0. The van der Waals surface area contributed by atoms with E-state index in [1.807, 2.05) is 0 Å². The summed E-state index contributed by atoms with van der Waals surface area (Å²) in [6.07, 6.45) is 0.776. The van der Waals surface area contributed by atoms with Crippen molar-refractivity contribution >= 4 is 41.2 Å². The second-order valence-electron chi connectivity index (χ2n) is 6.32. The molecular formula is C17H17FN6O3S. The molecule has 1 amide bonds. The Balaban J connectivity index is 1.45. The zero-order chi connectivity index (χ0) is 19.7. The predicted molar refractivity (Wildman–Crippen MR) is 99.9 cm³/mol. The lowest BCUT2D eigenvalue weighted by atomic mass is 10.2. The number of ether oxygens (including phenoxy) is 1. The first-order chi connectivity index (χ1) is 13.5. The zero-order valence-corrected chi connectivity index (χ0v) is 15.5. The van der Waals surface area contributed by atoms with Gasteiger partial charge in [0, 0.05) is 24.4 Å². The lowest BCUT2D eigenvalue weighted by Gasteiger charge is -2.28. The molecule has 1 atom stereocenters. The van der Waals surface area contributed by atoms with Gasteiger partial charge < -0.3 is 20.7 Å². The minimum absolute atomic E-state index is 0.0304. The molecule has 1 aromatic carbocycles. The Labute approximate surface area is 163 Å². The summed E-state index contributed by atoms with van der Waals surface area (Å²) in [6, 6.07) is 5.64. The van der Waals surface area contributed by atoms with Gasteiger partial charge in [0.2, 0.25) is 17.8 Å². The van der Waals surface area contributed by atoms with E-state index in [0.29, 0.717) is 30.8 Å². The normalized spacial score (nSPS) is 20.9. The third-order valence-electron chi connectivity index (χ3n) is 4.52. The number of nitrogen functional groups attached to an aromatic ring is 1.